The van der Waals surface area contributed by atoms with Crippen molar-refractivity contribution in [1.82, 2.24) is 14.8 Å². The maximum atomic E-state index is 12.5. The summed E-state index contributed by atoms with van der Waals surface area (Å²) >= 11 is 3.19. The Hall–Kier alpha value is -2.90. The molecular formula is C24H22N4OS2. The number of hydrogen-bond acceptors (Lipinski definition) is 5. The Morgan fingerprint density at radius 2 is 1.77 bits per heavy atom. The number of carbonyl (C=O) groups excluding carboxylic acids is 1. The highest BCUT2D eigenvalue weighted by atomic mass is 32.2. The van der Waals surface area contributed by atoms with Crippen molar-refractivity contribution < 1.29 is 4.79 Å². The van der Waals surface area contributed by atoms with Crippen LogP contribution in [0.2, 0.25) is 0 Å². The minimum absolute atomic E-state index is 0.0392. The third-order valence-corrected chi connectivity index (χ3v) is 6.99. The number of amides is 1. The van der Waals surface area contributed by atoms with Gasteiger partial charge in [-0.2, -0.15) is 0 Å². The van der Waals surface area contributed by atoms with E-state index in [-0.39, 0.29) is 5.91 Å². The summed E-state index contributed by atoms with van der Waals surface area (Å²) in [5.74, 6) is 1.26. The Labute approximate surface area is 189 Å². The summed E-state index contributed by atoms with van der Waals surface area (Å²) in [5, 5.41) is 14.7. The van der Waals surface area contributed by atoms with E-state index >= 15 is 0 Å². The van der Waals surface area contributed by atoms with Crippen LogP contribution >= 0.6 is 23.1 Å². The molecule has 1 aliphatic carbocycles. The lowest BCUT2D eigenvalue weighted by Crippen LogP contribution is -2.14. The predicted molar refractivity (Wildman–Crippen MR) is 127 cm³/mol. The van der Waals surface area contributed by atoms with Gasteiger partial charge in [0.1, 0.15) is 5.82 Å². The largest absolute Gasteiger partial charge is 0.325 e. The van der Waals surface area contributed by atoms with Crippen LogP contribution in [0.5, 0.6) is 0 Å². The van der Waals surface area contributed by atoms with Crippen LogP contribution in [0.4, 0.5) is 5.69 Å². The highest BCUT2D eigenvalue weighted by Gasteiger charge is 2.30. The second-order valence-electron chi connectivity index (χ2n) is 7.54. The van der Waals surface area contributed by atoms with Gasteiger partial charge in [0.15, 0.2) is 5.16 Å². The SMILES string of the molecule is O=C(CSc1nnc(Cc2cccs2)n1C1CC1)Nc1ccc(-c2ccccc2)cc1. The van der Waals surface area contributed by atoms with Gasteiger partial charge < -0.3 is 9.88 Å². The lowest BCUT2D eigenvalue weighted by atomic mass is 10.1. The number of nitrogens with one attached hydrogen (secondary N) is 1. The Bertz CT molecular complexity index is 1150. The van der Waals surface area contributed by atoms with Crippen molar-refractivity contribution in [1.29, 1.82) is 0 Å². The molecule has 7 heteroatoms. The first-order valence-corrected chi connectivity index (χ1v) is 12.2. The molecule has 0 saturated heterocycles. The fourth-order valence-electron chi connectivity index (χ4n) is 3.50. The van der Waals surface area contributed by atoms with Crippen molar-refractivity contribution in [2.75, 3.05) is 11.1 Å². The summed E-state index contributed by atoms with van der Waals surface area (Å²) in [4.78, 5) is 13.8. The standard InChI is InChI=1S/C24H22N4OS2/c29-23(25-19-10-8-18(9-11-19)17-5-2-1-3-6-17)16-31-24-27-26-22(28(24)20-12-13-20)15-21-7-4-14-30-21/h1-11,14,20H,12-13,15-16H2,(H,25,29). The quantitative estimate of drug-likeness (QED) is 0.355. The van der Waals surface area contributed by atoms with Crippen molar-refractivity contribution in [3.63, 3.8) is 0 Å². The van der Waals surface area contributed by atoms with Gasteiger partial charge in [-0.05, 0) is 47.5 Å². The molecule has 1 amide bonds. The average Bonchev–Trinajstić information content (AvgIpc) is 3.35. The number of hydrogen-bond donors (Lipinski definition) is 1. The van der Waals surface area contributed by atoms with Crippen molar-refractivity contribution in [3.05, 3.63) is 82.8 Å². The Morgan fingerprint density at radius 1 is 1.00 bits per heavy atom. The van der Waals surface area contributed by atoms with E-state index in [0.717, 1.165) is 47.1 Å². The van der Waals surface area contributed by atoms with E-state index in [4.69, 9.17) is 0 Å². The highest BCUT2D eigenvalue weighted by molar-refractivity contribution is 7.99. The van der Waals surface area contributed by atoms with Gasteiger partial charge in [-0.1, -0.05) is 60.3 Å². The van der Waals surface area contributed by atoms with Crippen LogP contribution < -0.4 is 5.32 Å². The van der Waals surface area contributed by atoms with E-state index in [0.29, 0.717) is 11.8 Å². The third kappa shape index (κ3) is 4.89. The van der Waals surface area contributed by atoms with Crippen molar-refractivity contribution in [3.8, 4) is 11.1 Å². The first kappa shape index (κ1) is 20.0. The van der Waals surface area contributed by atoms with Crippen LogP contribution in [0.15, 0.2) is 77.3 Å². The van der Waals surface area contributed by atoms with Crippen LogP contribution in [-0.4, -0.2) is 26.4 Å². The minimum Gasteiger partial charge on any atom is -0.325 e. The topological polar surface area (TPSA) is 59.8 Å². The van der Waals surface area contributed by atoms with Gasteiger partial charge in [0.25, 0.3) is 0 Å². The summed E-state index contributed by atoms with van der Waals surface area (Å²) in [6, 6.07) is 22.8. The zero-order chi connectivity index (χ0) is 21.0. The Kier molecular flexibility index (Phi) is 5.86. The molecule has 0 spiro atoms. The van der Waals surface area contributed by atoms with Gasteiger partial charge in [-0.25, -0.2) is 0 Å². The van der Waals surface area contributed by atoms with Crippen LogP contribution in [-0.2, 0) is 11.2 Å². The molecule has 5 rings (SSSR count). The molecule has 2 aromatic heterocycles. The number of benzene rings is 2. The lowest BCUT2D eigenvalue weighted by molar-refractivity contribution is -0.113. The van der Waals surface area contributed by atoms with Gasteiger partial charge >= 0.3 is 0 Å². The van der Waals surface area contributed by atoms with Gasteiger partial charge in [0.2, 0.25) is 5.91 Å². The highest BCUT2D eigenvalue weighted by Crippen LogP contribution is 2.39. The molecule has 1 saturated carbocycles. The monoisotopic (exact) mass is 446 g/mol. The summed E-state index contributed by atoms with van der Waals surface area (Å²) in [7, 11) is 0. The second kappa shape index (κ2) is 9.08. The fraction of sp³-hybridized carbons (Fsp3) is 0.208. The van der Waals surface area contributed by atoms with Gasteiger partial charge in [-0.3, -0.25) is 4.79 Å². The Balaban J connectivity index is 1.20. The van der Waals surface area contributed by atoms with Crippen molar-refractivity contribution in [2.45, 2.75) is 30.5 Å². The van der Waals surface area contributed by atoms with E-state index in [2.05, 4.69) is 49.7 Å². The first-order chi connectivity index (χ1) is 15.3. The third-order valence-electron chi connectivity index (χ3n) is 5.17. The average molecular weight is 447 g/mol. The molecule has 2 aromatic carbocycles. The van der Waals surface area contributed by atoms with E-state index in [9.17, 15) is 4.79 Å². The molecular weight excluding hydrogens is 424 g/mol. The normalized spacial score (nSPS) is 13.3. The molecule has 4 aromatic rings. The van der Waals surface area contributed by atoms with E-state index in [1.54, 1.807) is 11.3 Å². The van der Waals surface area contributed by atoms with E-state index in [1.165, 1.54) is 16.6 Å². The smallest absolute Gasteiger partial charge is 0.234 e. The molecule has 5 nitrogen and oxygen atoms in total. The van der Waals surface area contributed by atoms with Crippen LogP contribution in [0.1, 0.15) is 29.6 Å². The number of nitrogens with zero attached hydrogens (tertiary/aromatic N) is 3. The molecule has 0 aliphatic heterocycles. The van der Waals surface area contributed by atoms with Crippen molar-refractivity contribution >= 4 is 34.7 Å². The summed E-state index contributed by atoms with van der Waals surface area (Å²) < 4.78 is 2.23. The minimum atomic E-state index is -0.0392. The maximum absolute atomic E-state index is 12.5. The lowest BCUT2D eigenvalue weighted by Gasteiger charge is -2.09. The molecule has 0 radical (unpaired) electrons. The molecule has 0 unspecified atom stereocenters. The number of rotatable bonds is 8. The van der Waals surface area contributed by atoms with Gasteiger partial charge in [-0.15, -0.1) is 21.5 Å². The number of thioether (sulfide) groups is 1. The molecule has 1 fully saturated rings. The number of anilines is 1. The molecule has 31 heavy (non-hydrogen) atoms. The molecule has 1 aliphatic rings. The Morgan fingerprint density at radius 3 is 2.48 bits per heavy atom. The van der Waals surface area contributed by atoms with Gasteiger partial charge in [0, 0.05) is 23.0 Å². The molecule has 0 bridgehead atoms. The summed E-state index contributed by atoms with van der Waals surface area (Å²) in [6.45, 7) is 0. The van der Waals surface area contributed by atoms with Crippen LogP contribution in [0, 0.1) is 0 Å². The van der Waals surface area contributed by atoms with E-state index in [1.807, 2.05) is 42.5 Å². The number of aromatic nitrogens is 3. The summed E-state index contributed by atoms with van der Waals surface area (Å²) in [5.41, 5.74) is 3.09. The zero-order valence-corrected chi connectivity index (χ0v) is 18.5. The molecule has 156 valence electrons. The van der Waals surface area contributed by atoms with Crippen LogP contribution in [0.25, 0.3) is 11.1 Å². The van der Waals surface area contributed by atoms with Crippen LogP contribution in [0.3, 0.4) is 0 Å². The maximum Gasteiger partial charge on any atom is 0.234 e. The fourth-order valence-corrected chi connectivity index (χ4v) is 5.02. The van der Waals surface area contributed by atoms with E-state index < -0.39 is 0 Å². The van der Waals surface area contributed by atoms with Crippen molar-refractivity contribution in [2.24, 2.45) is 0 Å². The second-order valence-corrected chi connectivity index (χ2v) is 9.51. The zero-order valence-electron chi connectivity index (χ0n) is 16.9. The number of thiophene rings is 1. The molecule has 1 N–H and O–H groups in total. The predicted octanol–water partition coefficient (Wildman–Crippen LogP) is 5.66. The molecule has 2 heterocycles. The summed E-state index contributed by atoms with van der Waals surface area (Å²) in [6.07, 6.45) is 3.10. The molecule has 0 atom stereocenters. The number of carbonyl (C=O) groups is 1. The first-order valence-electron chi connectivity index (χ1n) is 10.3. The van der Waals surface area contributed by atoms with Gasteiger partial charge in [0.05, 0.1) is 5.75 Å².